The minimum Gasteiger partial charge on any atom is -0.376 e. The van der Waals surface area contributed by atoms with Gasteiger partial charge < -0.3 is 15.4 Å². The Hall–Kier alpha value is -1.97. The van der Waals surface area contributed by atoms with Gasteiger partial charge in [-0.25, -0.2) is 13.6 Å². The Morgan fingerprint density at radius 2 is 1.83 bits per heavy atom. The molecule has 1 fully saturated rings. The molecule has 23 heavy (non-hydrogen) atoms. The Labute approximate surface area is 134 Å². The first-order chi connectivity index (χ1) is 10.9. The van der Waals surface area contributed by atoms with Gasteiger partial charge in [0.1, 0.15) is 0 Å². The number of sulfonamides is 1. The summed E-state index contributed by atoms with van der Waals surface area (Å²) < 4.78 is 27.6. The monoisotopic (exact) mass is 341 g/mol. The quantitative estimate of drug-likeness (QED) is 0.607. The standard InChI is InChI=1S/C14H19N3O5S/c15-23(20,21)12-5-3-10(4-6-12)8-16-13(18)14(19)17-9-11-2-1-7-22-11/h3-6,11H,1-2,7-9H2,(H,16,18)(H,17,19)(H2,15,20,21)/t11-/m0/s1. The van der Waals surface area contributed by atoms with Crippen LogP contribution in [0.4, 0.5) is 0 Å². The van der Waals surface area contributed by atoms with E-state index in [-0.39, 0.29) is 17.5 Å². The van der Waals surface area contributed by atoms with Gasteiger partial charge in [0.2, 0.25) is 10.0 Å². The molecule has 1 aliphatic heterocycles. The second-order valence-corrected chi connectivity index (χ2v) is 6.78. The van der Waals surface area contributed by atoms with Crippen molar-refractivity contribution in [2.24, 2.45) is 5.14 Å². The Balaban J connectivity index is 1.78. The largest absolute Gasteiger partial charge is 0.376 e. The van der Waals surface area contributed by atoms with Crippen molar-refractivity contribution in [3.05, 3.63) is 29.8 Å². The topological polar surface area (TPSA) is 128 Å². The van der Waals surface area contributed by atoms with E-state index < -0.39 is 21.8 Å². The molecule has 1 aromatic carbocycles. The fraction of sp³-hybridized carbons (Fsp3) is 0.429. The van der Waals surface area contributed by atoms with Crippen LogP contribution in [0, 0.1) is 0 Å². The first kappa shape index (κ1) is 17.4. The number of carbonyl (C=O) groups excluding carboxylic acids is 2. The zero-order chi connectivity index (χ0) is 16.9. The highest BCUT2D eigenvalue weighted by Crippen LogP contribution is 2.10. The lowest BCUT2D eigenvalue weighted by Gasteiger charge is -2.10. The molecule has 0 radical (unpaired) electrons. The molecule has 0 bridgehead atoms. The summed E-state index contributed by atoms with van der Waals surface area (Å²) in [4.78, 5) is 23.3. The highest BCUT2D eigenvalue weighted by Gasteiger charge is 2.19. The van der Waals surface area contributed by atoms with E-state index in [4.69, 9.17) is 9.88 Å². The van der Waals surface area contributed by atoms with E-state index in [1.807, 2.05) is 0 Å². The molecular weight excluding hydrogens is 322 g/mol. The third-order valence-corrected chi connectivity index (χ3v) is 4.35. The van der Waals surface area contributed by atoms with Gasteiger partial charge >= 0.3 is 11.8 Å². The van der Waals surface area contributed by atoms with Crippen molar-refractivity contribution in [1.82, 2.24) is 10.6 Å². The summed E-state index contributed by atoms with van der Waals surface area (Å²) in [5.74, 6) is -1.47. The second kappa shape index (κ2) is 7.53. The van der Waals surface area contributed by atoms with Crippen LogP contribution in [-0.4, -0.2) is 39.5 Å². The number of rotatable bonds is 5. The minimum absolute atomic E-state index is 0.0121. The molecule has 1 aromatic rings. The summed E-state index contributed by atoms with van der Waals surface area (Å²) in [5.41, 5.74) is 0.651. The lowest BCUT2D eigenvalue weighted by atomic mass is 10.2. The maximum Gasteiger partial charge on any atom is 0.309 e. The van der Waals surface area contributed by atoms with E-state index in [1.165, 1.54) is 24.3 Å². The maximum absolute atomic E-state index is 11.7. The summed E-state index contributed by atoms with van der Waals surface area (Å²) in [6.45, 7) is 1.10. The van der Waals surface area contributed by atoms with Crippen LogP contribution in [0.25, 0.3) is 0 Å². The number of amides is 2. The molecule has 0 unspecified atom stereocenters. The molecule has 2 rings (SSSR count). The van der Waals surface area contributed by atoms with Gasteiger partial charge in [-0.3, -0.25) is 9.59 Å². The van der Waals surface area contributed by atoms with Crippen molar-refractivity contribution in [2.75, 3.05) is 13.2 Å². The van der Waals surface area contributed by atoms with Gasteiger partial charge in [0.15, 0.2) is 0 Å². The number of nitrogens with two attached hydrogens (primary N) is 1. The van der Waals surface area contributed by atoms with Crippen LogP contribution in [0.1, 0.15) is 18.4 Å². The number of nitrogens with one attached hydrogen (secondary N) is 2. The van der Waals surface area contributed by atoms with E-state index >= 15 is 0 Å². The van der Waals surface area contributed by atoms with Gasteiger partial charge in [0.25, 0.3) is 0 Å². The van der Waals surface area contributed by atoms with Crippen molar-refractivity contribution in [3.8, 4) is 0 Å². The van der Waals surface area contributed by atoms with Crippen molar-refractivity contribution in [2.45, 2.75) is 30.4 Å². The molecule has 1 saturated heterocycles. The molecular formula is C14H19N3O5S. The second-order valence-electron chi connectivity index (χ2n) is 5.22. The molecule has 0 aromatic heterocycles. The molecule has 126 valence electrons. The number of ether oxygens (including phenoxy) is 1. The number of primary sulfonamides is 1. The van der Waals surface area contributed by atoms with Crippen molar-refractivity contribution < 1.29 is 22.7 Å². The number of hydrogen-bond donors (Lipinski definition) is 3. The van der Waals surface area contributed by atoms with E-state index in [2.05, 4.69) is 10.6 Å². The van der Waals surface area contributed by atoms with Crippen molar-refractivity contribution >= 4 is 21.8 Å². The van der Waals surface area contributed by atoms with E-state index in [0.717, 1.165) is 12.8 Å². The van der Waals surface area contributed by atoms with Crippen LogP contribution in [0.5, 0.6) is 0 Å². The number of benzene rings is 1. The molecule has 1 aliphatic rings. The fourth-order valence-electron chi connectivity index (χ4n) is 2.15. The molecule has 0 spiro atoms. The SMILES string of the molecule is NS(=O)(=O)c1ccc(CNC(=O)C(=O)NC[C@@H]2CCCO2)cc1. The molecule has 2 amide bonds. The van der Waals surface area contributed by atoms with Gasteiger partial charge in [-0.05, 0) is 30.5 Å². The number of hydrogen-bond acceptors (Lipinski definition) is 5. The molecule has 4 N–H and O–H groups in total. The minimum atomic E-state index is -3.74. The van der Waals surface area contributed by atoms with Crippen LogP contribution >= 0.6 is 0 Å². The molecule has 0 saturated carbocycles. The van der Waals surface area contributed by atoms with Crippen LogP contribution in [0.15, 0.2) is 29.2 Å². The lowest BCUT2D eigenvalue weighted by molar-refractivity contribution is -0.139. The Morgan fingerprint density at radius 3 is 2.39 bits per heavy atom. The van der Waals surface area contributed by atoms with Gasteiger partial charge in [0.05, 0.1) is 11.0 Å². The predicted molar refractivity (Wildman–Crippen MR) is 81.6 cm³/mol. The molecule has 1 heterocycles. The molecule has 8 nitrogen and oxygen atoms in total. The molecule has 0 aliphatic carbocycles. The van der Waals surface area contributed by atoms with Gasteiger partial charge in [0, 0.05) is 19.7 Å². The average Bonchev–Trinajstić information content (AvgIpc) is 3.03. The third kappa shape index (κ3) is 5.31. The molecule has 9 heteroatoms. The van der Waals surface area contributed by atoms with Crippen LogP contribution in [-0.2, 0) is 30.9 Å². The normalized spacial score (nSPS) is 17.7. The first-order valence-electron chi connectivity index (χ1n) is 7.15. The Kier molecular flexibility index (Phi) is 5.69. The van der Waals surface area contributed by atoms with Gasteiger partial charge in [-0.2, -0.15) is 0 Å². The summed E-state index contributed by atoms with van der Waals surface area (Å²) in [6, 6.07) is 5.72. The summed E-state index contributed by atoms with van der Waals surface area (Å²) in [6.07, 6.45) is 1.80. The van der Waals surface area contributed by atoms with Crippen molar-refractivity contribution in [3.63, 3.8) is 0 Å². The summed E-state index contributed by atoms with van der Waals surface area (Å²) in [7, 11) is -3.74. The van der Waals surface area contributed by atoms with Crippen molar-refractivity contribution in [1.29, 1.82) is 0 Å². The van der Waals surface area contributed by atoms with E-state index in [0.29, 0.717) is 18.7 Å². The first-order valence-corrected chi connectivity index (χ1v) is 8.70. The zero-order valence-electron chi connectivity index (χ0n) is 12.4. The average molecular weight is 341 g/mol. The summed E-state index contributed by atoms with van der Waals surface area (Å²) in [5, 5.41) is 9.97. The zero-order valence-corrected chi connectivity index (χ0v) is 13.3. The van der Waals surface area contributed by atoms with E-state index in [9.17, 15) is 18.0 Å². The smallest absolute Gasteiger partial charge is 0.309 e. The lowest BCUT2D eigenvalue weighted by Crippen LogP contribution is -2.42. The Bertz CT molecular complexity index is 666. The predicted octanol–water partition coefficient (Wildman–Crippen LogP) is -0.755. The molecule has 1 atom stereocenters. The maximum atomic E-state index is 11.7. The van der Waals surface area contributed by atoms with Gasteiger partial charge in [-0.15, -0.1) is 0 Å². The van der Waals surface area contributed by atoms with Gasteiger partial charge in [-0.1, -0.05) is 12.1 Å². The van der Waals surface area contributed by atoms with Crippen LogP contribution < -0.4 is 15.8 Å². The highest BCUT2D eigenvalue weighted by molar-refractivity contribution is 7.89. The summed E-state index contributed by atoms with van der Waals surface area (Å²) >= 11 is 0. The van der Waals surface area contributed by atoms with Crippen LogP contribution in [0.3, 0.4) is 0 Å². The Morgan fingerprint density at radius 1 is 1.17 bits per heavy atom. The van der Waals surface area contributed by atoms with E-state index in [1.54, 1.807) is 0 Å². The third-order valence-electron chi connectivity index (χ3n) is 3.43. The highest BCUT2D eigenvalue weighted by atomic mass is 32.2. The number of carbonyl (C=O) groups is 2. The fourth-order valence-corrected chi connectivity index (χ4v) is 2.67. The van der Waals surface area contributed by atoms with Crippen LogP contribution in [0.2, 0.25) is 0 Å².